The van der Waals surface area contributed by atoms with Crippen molar-refractivity contribution in [2.24, 2.45) is 0 Å². The van der Waals surface area contributed by atoms with Crippen molar-refractivity contribution in [1.29, 1.82) is 0 Å². The van der Waals surface area contributed by atoms with Crippen molar-refractivity contribution in [1.82, 2.24) is 25.1 Å². The van der Waals surface area contributed by atoms with E-state index in [1.807, 2.05) is 24.8 Å². The molecule has 1 unspecified atom stereocenters. The summed E-state index contributed by atoms with van der Waals surface area (Å²) in [6.45, 7) is 5.05. The van der Waals surface area contributed by atoms with Crippen LogP contribution in [0.1, 0.15) is 28.2 Å². The monoisotopic (exact) mass is 380 g/mol. The van der Waals surface area contributed by atoms with Crippen molar-refractivity contribution in [3.63, 3.8) is 0 Å². The highest BCUT2D eigenvalue weighted by Crippen LogP contribution is 2.21. The molecule has 7 nitrogen and oxygen atoms in total. The van der Waals surface area contributed by atoms with Gasteiger partial charge < -0.3 is 10.2 Å². The molecule has 0 radical (unpaired) electrons. The van der Waals surface area contributed by atoms with Gasteiger partial charge in [0.1, 0.15) is 0 Å². The van der Waals surface area contributed by atoms with Crippen LogP contribution in [0.4, 0.5) is 10.2 Å². The number of halogens is 1. The summed E-state index contributed by atoms with van der Waals surface area (Å²) in [5.74, 6) is 0.453. The van der Waals surface area contributed by atoms with Gasteiger partial charge >= 0.3 is 0 Å². The lowest BCUT2D eigenvalue weighted by Gasteiger charge is -2.18. The number of aromatic nitrogens is 4. The Bertz CT molecular complexity index is 1000. The Kier molecular flexibility index (Phi) is 4.77. The minimum atomic E-state index is -0.349. The lowest BCUT2D eigenvalue weighted by Crippen LogP contribution is -2.37. The third-order valence-electron chi connectivity index (χ3n) is 4.80. The van der Waals surface area contributed by atoms with Crippen molar-refractivity contribution >= 4 is 11.7 Å². The van der Waals surface area contributed by atoms with Crippen LogP contribution in [0.2, 0.25) is 0 Å². The molecule has 0 spiro atoms. The van der Waals surface area contributed by atoms with Gasteiger partial charge in [0, 0.05) is 37.2 Å². The summed E-state index contributed by atoms with van der Waals surface area (Å²) < 4.78 is 15.6. The highest BCUT2D eigenvalue weighted by Gasteiger charge is 2.26. The number of nitrogens with one attached hydrogen (secondary N) is 1. The van der Waals surface area contributed by atoms with Crippen LogP contribution in [0.5, 0.6) is 0 Å². The number of aryl methyl sites for hydroxylation is 2. The summed E-state index contributed by atoms with van der Waals surface area (Å²) in [7, 11) is 0. The average molecular weight is 380 g/mol. The third kappa shape index (κ3) is 3.58. The molecule has 1 atom stereocenters. The van der Waals surface area contributed by atoms with Crippen molar-refractivity contribution in [3.05, 3.63) is 65.5 Å². The van der Waals surface area contributed by atoms with E-state index >= 15 is 0 Å². The van der Waals surface area contributed by atoms with Gasteiger partial charge in [-0.2, -0.15) is 5.10 Å². The standard InChI is InChI=1S/C20H21FN6O/c1-13-10-14(2)27(25-13)18-6-5-15(11-23-18)20(28)24-16-7-9-26(12-16)19-17(21)4-3-8-22-19/h3-6,8,10-11,16H,7,9,12H2,1-2H3,(H,24,28). The number of hydrogen-bond donors (Lipinski definition) is 1. The van der Waals surface area contributed by atoms with Gasteiger partial charge in [0.15, 0.2) is 17.5 Å². The largest absolute Gasteiger partial charge is 0.352 e. The fourth-order valence-corrected chi connectivity index (χ4v) is 3.46. The first-order valence-electron chi connectivity index (χ1n) is 9.17. The van der Waals surface area contributed by atoms with Crippen LogP contribution < -0.4 is 10.2 Å². The van der Waals surface area contributed by atoms with Crippen molar-refractivity contribution < 1.29 is 9.18 Å². The van der Waals surface area contributed by atoms with Gasteiger partial charge in [-0.3, -0.25) is 4.79 Å². The quantitative estimate of drug-likeness (QED) is 0.752. The molecule has 0 saturated carbocycles. The summed E-state index contributed by atoms with van der Waals surface area (Å²) >= 11 is 0. The highest BCUT2D eigenvalue weighted by atomic mass is 19.1. The molecule has 1 aliphatic heterocycles. The number of hydrogen-bond acceptors (Lipinski definition) is 5. The molecule has 3 aromatic heterocycles. The fraction of sp³-hybridized carbons (Fsp3) is 0.300. The molecule has 0 aromatic carbocycles. The molecule has 1 fully saturated rings. The number of rotatable bonds is 4. The predicted molar refractivity (Wildman–Crippen MR) is 103 cm³/mol. The fourth-order valence-electron chi connectivity index (χ4n) is 3.46. The van der Waals surface area contributed by atoms with Gasteiger partial charge in [-0.1, -0.05) is 0 Å². The van der Waals surface area contributed by atoms with E-state index in [9.17, 15) is 9.18 Å². The Labute approximate surface area is 162 Å². The Morgan fingerprint density at radius 2 is 2.11 bits per heavy atom. The second kappa shape index (κ2) is 7.38. The van der Waals surface area contributed by atoms with Crippen molar-refractivity contribution in [2.75, 3.05) is 18.0 Å². The Hall–Kier alpha value is -3.29. The molecule has 1 amide bonds. The van der Waals surface area contributed by atoms with Crippen molar-refractivity contribution in [2.45, 2.75) is 26.3 Å². The SMILES string of the molecule is Cc1cc(C)n(-c2ccc(C(=O)NC3CCN(c4ncccc4F)C3)cn2)n1. The van der Waals surface area contributed by atoms with E-state index in [1.54, 1.807) is 35.3 Å². The average Bonchev–Trinajstić information content (AvgIpc) is 3.28. The topological polar surface area (TPSA) is 75.9 Å². The zero-order valence-electron chi connectivity index (χ0n) is 15.8. The zero-order chi connectivity index (χ0) is 19.7. The predicted octanol–water partition coefficient (Wildman–Crippen LogP) is 2.43. The molecule has 4 rings (SSSR count). The van der Waals surface area contributed by atoms with Gasteiger partial charge in [-0.15, -0.1) is 0 Å². The number of carbonyl (C=O) groups is 1. The number of pyridine rings is 2. The van der Waals surface area contributed by atoms with Gasteiger partial charge in [0.2, 0.25) is 0 Å². The van der Waals surface area contributed by atoms with Gasteiger partial charge in [0.25, 0.3) is 5.91 Å². The number of nitrogens with zero attached hydrogens (tertiary/aromatic N) is 5. The minimum Gasteiger partial charge on any atom is -0.352 e. The van der Waals surface area contributed by atoms with Crippen LogP contribution in [0.3, 0.4) is 0 Å². The first-order valence-corrected chi connectivity index (χ1v) is 9.17. The third-order valence-corrected chi connectivity index (χ3v) is 4.80. The van der Waals surface area contributed by atoms with Crippen LogP contribution in [-0.2, 0) is 0 Å². The summed E-state index contributed by atoms with van der Waals surface area (Å²) in [5.41, 5.74) is 2.37. The zero-order valence-corrected chi connectivity index (χ0v) is 15.8. The van der Waals surface area contributed by atoms with Crippen LogP contribution in [0.25, 0.3) is 5.82 Å². The van der Waals surface area contributed by atoms with E-state index in [2.05, 4.69) is 20.4 Å². The molecule has 1 saturated heterocycles. The molecule has 3 aromatic rings. The van der Waals surface area contributed by atoms with E-state index in [0.717, 1.165) is 17.8 Å². The van der Waals surface area contributed by atoms with Gasteiger partial charge in [-0.05, 0) is 50.6 Å². The Balaban J connectivity index is 1.40. The van der Waals surface area contributed by atoms with Crippen molar-refractivity contribution in [3.8, 4) is 5.82 Å². The molecule has 1 aliphatic rings. The normalized spacial score (nSPS) is 16.4. The maximum Gasteiger partial charge on any atom is 0.253 e. The summed E-state index contributed by atoms with van der Waals surface area (Å²) in [4.78, 5) is 22.9. The minimum absolute atomic E-state index is 0.0652. The molecule has 0 bridgehead atoms. The highest BCUT2D eigenvalue weighted by molar-refractivity contribution is 5.94. The molecule has 0 aliphatic carbocycles. The maximum absolute atomic E-state index is 13.9. The van der Waals surface area contributed by atoms with E-state index in [4.69, 9.17) is 0 Å². The first kappa shape index (κ1) is 18.1. The smallest absolute Gasteiger partial charge is 0.253 e. The second-order valence-corrected chi connectivity index (χ2v) is 6.96. The molecule has 144 valence electrons. The number of amides is 1. The molecule has 1 N–H and O–H groups in total. The van der Waals surface area contributed by atoms with Crippen LogP contribution in [-0.4, -0.2) is 44.8 Å². The molecular weight excluding hydrogens is 359 g/mol. The lowest BCUT2D eigenvalue weighted by molar-refractivity contribution is 0.0940. The molecule has 4 heterocycles. The van der Waals surface area contributed by atoms with E-state index in [1.165, 1.54) is 6.07 Å². The number of carbonyl (C=O) groups excluding carboxylic acids is 1. The van der Waals surface area contributed by atoms with Gasteiger partial charge in [-0.25, -0.2) is 19.0 Å². The van der Waals surface area contributed by atoms with Gasteiger partial charge in [0.05, 0.1) is 11.3 Å². The van der Waals surface area contributed by atoms with E-state index in [0.29, 0.717) is 30.3 Å². The number of anilines is 1. The Morgan fingerprint density at radius 1 is 1.25 bits per heavy atom. The van der Waals surface area contributed by atoms with E-state index < -0.39 is 0 Å². The Morgan fingerprint density at radius 3 is 2.79 bits per heavy atom. The lowest BCUT2D eigenvalue weighted by atomic mass is 10.2. The van der Waals surface area contributed by atoms with E-state index in [-0.39, 0.29) is 17.8 Å². The first-order chi connectivity index (χ1) is 13.5. The summed E-state index contributed by atoms with van der Waals surface area (Å²) in [6, 6.07) is 8.38. The van der Waals surface area contributed by atoms with Crippen LogP contribution >= 0.6 is 0 Å². The second-order valence-electron chi connectivity index (χ2n) is 6.96. The van der Waals surface area contributed by atoms with Crippen LogP contribution in [0.15, 0.2) is 42.7 Å². The summed E-state index contributed by atoms with van der Waals surface area (Å²) in [6.07, 6.45) is 3.85. The maximum atomic E-state index is 13.9. The molecule has 8 heteroatoms. The summed E-state index contributed by atoms with van der Waals surface area (Å²) in [5, 5.41) is 7.39. The van der Waals surface area contributed by atoms with Crippen LogP contribution in [0, 0.1) is 19.7 Å². The molecule has 28 heavy (non-hydrogen) atoms. The molecular formula is C20H21FN6O.